The van der Waals surface area contributed by atoms with E-state index in [0.29, 0.717) is 9.93 Å². The summed E-state index contributed by atoms with van der Waals surface area (Å²) in [5.74, 6) is -0.0796. The van der Waals surface area contributed by atoms with Gasteiger partial charge in [-0.1, -0.05) is 71.9 Å². The summed E-state index contributed by atoms with van der Waals surface area (Å²) in [4.78, 5) is 12.9. The molecule has 0 aliphatic rings. The van der Waals surface area contributed by atoms with Crippen LogP contribution in [-0.2, 0) is 0 Å². The number of carbonyl (C=O) groups excluding carboxylic acids is 1. The molecule has 2 aromatic rings. The fraction of sp³-hybridized carbons (Fsp3) is 0. The van der Waals surface area contributed by atoms with Crippen LogP contribution in [0, 0.1) is 0 Å². The van der Waals surface area contributed by atoms with E-state index < -0.39 is 0 Å². The number of hydrogen-bond acceptors (Lipinski definition) is 2. The summed E-state index contributed by atoms with van der Waals surface area (Å²) in [6, 6.07) is 18.8. The first-order valence-corrected chi connectivity index (χ1v) is 6.64. The minimum absolute atomic E-state index is 0.0796. The molecule has 0 amide bonds. The number of thioether (sulfide) groups is 1. The standard InChI is InChI=1S/C15H11ClOS/c16-15(18-13-9-5-2-6-10-13)11-14(17)12-7-3-1-4-8-12/h1-11H/b15-11-. The molecule has 0 aliphatic carbocycles. The number of ketones is 1. The Morgan fingerprint density at radius 1 is 0.944 bits per heavy atom. The van der Waals surface area contributed by atoms with Crippen LogP contribution in [0.3, 0.4) is 0 Å². The molecule has 3 heteroatoms. The fourth-order valence-electron chi connectivity index (χ4n) is 1.42. The maximum atomic E-state index is 11.9. The molecule has 0 N–H and O–H groups in total. The van der Waals surface area contributed by atoms with Crippen molar-refractivity contribution in [1.82, 2.24) is 0 Å². The average Bonchev–Trinajstić information content (AvgIpc) is 2.40. The minimum atomic E-state index is -0.0796. The van der Waals surface area contributed by atoms with Gasteiger partial charge in [-0.05, 0) is 12.1 Å². The summed E-state index contributed by atoms with van der Waals surface area (Å²) >= 11 is 7.44. The molecule has 0 saturated carbocycles. The highest BCUT2D eigenvalue weighted by atomic mass is 35.5. The number of hydrogen-bond donors (Lipinski definition) is 0. The number of carbonyl (C=O) groups is 1. The lowest BCUT2D eigenvalue weighted by Gasteiger charge is -1.99. The molecule has 18 heavy (non-hydrogen) atoms. The monoisotopic (exact) mass is 274 g/mol. The molecule has 90 valence electrons. The number of halogens is 1. The Kier molecular flexibility index (Phi) is 4.62. The lowest BCUT2D eigenvalue weighted by molar-refractivity contribution is 0.104. The molecule has 0 bridgehead atoms. The van der Waals surface area contributed by atoms with Gasteiger partial charge < -0.3 is 0 Å². The zero-order valence-electron chi connectivity index (χ0n) is 9.55. The van der Waals surface area contributed by atoms with E-state index in [9.17, 15) is 4.79 Å². The van der Waals surface area contributed by atoms with E-state index in [-0.39, 0.29) is 5.78 Å². The van der Waals surface area contributed by atoms with Crippen LogP contribution in [0.2, 0.25) is 0 Å². The van der Waals surface area contributed by atoms with Crippen molar-refractivity contribution in [2.75, 3.05) is 0 Å². The largest absolute Gasteiger partial charge is 0.289 e. The molecular weight excluding hydrogens is 264 g/mol. The Labute approximate surface area is 115 Å². The van der Waals surface area contributed by atoms with Gasteiger partial charge in [-0.3, -0.25) is 4.79 Å². The Bertz CT molecular complexity index is 549. The zero-order valence-corrected chi connectivity index (χ0v) is 11.1. The van der Waals surface area contributed by atoms with Gasteiger partial charge in [-0.25, -0.2) is 0 Å². The second-order valence-electron chi connectivity index (χ2n) is 3.59. The quantitative estimate of drug-likeness (QED) is 0.455. The third-order valence-electron chi connectivity index (χ3n) is 2.26. The summed E-state index contributed by atoms with van der Waals surface area (Å²) in [6.45, 7) is 0. The van der Waals surface area contributed by atoms with E-state index in [1.54, 1.807) is 12.1 Å². The predicted octanol–water partition coefficient (Wildman–Crippen LogP) is 4.74. The Hall–Kier alpha value is -1.51. The molecule has 0 aliphatic heterocycles. The number of rotatable bonds is 4. The lowest BCUT2D eigenvalue weighted by atomic mass is 10.1. The zero-order chi connectivity index (χ0) is 12.8. The van der Waals surface area contributed by atoms with Crippen molar-refractivity contribution in [1.29, 1.82) is 0 Å². The highest BCUT2D eigenvalue weighted by Gasteiger charge is 2.04. The lowest BCUT2D eigenvalue weighted by Crippen LogP contribution is -1.93. The summed E-state index contributed by atoms with van der Waals surface area (Å²) < 4.78 is 0.468. The van der Waals surface area contributed by atoms with Crippen LogP contribution in [-0.4, -0.2) is 5.78 Å². The van der Waals surface area contributed by atoms with Gasteiger partial charge in [0.05, 0.1) is 4.36 Å². The number of allylic oxidation sites excluding steroid dienone is 1. The van der Waals surface area contributed by atoms with Gasteiger partial charge >= 0.3 is 0 Å². The van der Waals surface area contributed by atoms with Crippen molar-refractivity contribution in [3.8, 4) is 0 Å². The summed E-state index contributed by atoms with van der Waals surface area (Å²) in [5, 5.41) is 0. The maximum Gasteiger partial charge on any atom is 0.187 e. The second-order valence-corrected chi connectivity index (χ2v) is 5.34. The summed E-state index contributed by atoms with van der Waals surface area (Å²) in [7, 11) is 0. The first kappa shape index (κ1) is 12.9. The van der Waals surface area contributed by atoms with E-state index in [4.69, 9.17) is 11.6 Å². The SMILES string of the molecule is O=C(/C=C(/Cl)Sc1ccccc1)c1ccccc1. The first-order chi connectivity index (χ1) is 8.75. The molecular formula is C15H11ClOS. The van der Waals surface area contributed by atoms with Gasteiger partial charge in [0, 0.05) is 16.5 Å². The van der Waals surface area contributed by atoms with Gasteiger partial charge in [0.2, 0.25) is 0 Å². The first-order valence-electron chi connectivity index (χ1n) is 5.45. The van der Waals surface area contributed by atoms with Gasteiger partial charge in [-0.15, -0.1) is 0 Å². The molecule has 0 radical (unpaired) electrons. The molecule has 0 unspecified atom stereocenters. The van der Waals surface area contributed by atoms with E-state index in [1.807, 2.05) is 48.5 Å². The topological polar surface area (TPSA) is 17.1 Å². The molecule has 0 fully saturated rings. The number of benzene rings is 2. The van der Waals surface area contributed by atoms with Gasteiger partial charge in [0.15, 0.2) is 5.78 Å². The Morgan fingerprint density at radius 3 is 2.11 bits per heavy atom. The molecule has 0 spiro atoms. The second kappa shape index (κ2) is 6.43. The molecule has 0 atom stereocenters. The van der Waals surface area contributed by atoms with Crippen molar-refractivity contribution in [3.63, 3.8) is 0 Å². The molecule has 2 rings (SSSR count). The average molecular weight is 275 g/mol. The van der Waals surface area contributed by atoms with Gasteiger partial charge in [0.25, 0.3) is 0 Å². The minimum Gasteiger partial charge on any atom is -0.289 e. The van der Waals surface area contributed by atoms with Crippen LogP contribution < -0.4 is 0 Å². The van der Waals surface area contributed by atoms with Crippen molar-refractivity contribution < 1.29 is 4.79 Å². The third-order valence-corrected chi connectivity index (χ3v) is 3.42. The van der Waals surface area contributed by atoms with Gasteiger partial charge in [0.1, 0.15) is 0 Å². The molecule has 0 aromatic heterocycles. The van der Waals surface area contributed by atoms with E-state index in [1.165, 1.54) is 17.8 Å². The molecule has 0 heterocycles. The normalized spacial score (nSPS) is 11.3. The fourth-order valence-corrected chi connectivity index (χ4v) is 2.47. The summed E-state index contributed by atoms with van der Waals surface area (Å²) in [5.41, 5.74) is 0.643. The van der Waals surface area contributed by atoms with Crippen LogP contribution >= 0.6 is 23.4 Å². The Morgan fingerprint density at radius 2 is 1.50 bits per heavy atom. The van der Waals surface area contributed by atoms with Crippen LogP contribution in [0.5, 0.6) is 0 Å². The predicted molar refractivity (Wildman–Crippen MR) is 77.0 cm³/mol. The summed E-state index contributed by atoms with van der Waals surface area (Å²) in [6.07, 6.45) is 1.45. The van der Waals surface area contributed by atoms with Crippen LogP contribution in [0.25, 0.3) is 0 Å². The van der Waals surface area contributed by atoms with Gasteiger partial charge in [-0.2, -0.15) is 0 Å². The molecule has 2 aromatic carbocycles. The molecule has 1 nitrogen and oxygen atoms in total. The van der Waals surface area contributed by atoms with Crippen LogP contribution in [0.1, 0.15) is 10.4 Å². The highest BCUT2D eigenvalue weighted by Crippen LogP contribution is 2.29. The van der Waals surface area contributed by atoms with Crippen molar-refractivity contribution in [3.05, 3.63) is 76.7 Å². The Balaban J connectivity index is 2.07. The third kappa shape index (κ3) is 3.76. The van der Waals surface area contributed by atoms with E-state index >= 15 is 0 Å². The highest BCUT2D eigenvalue weighted by molar-refractivity contribution is 8.04. The van der Waals surface area contributed by atoms with Crippen LogP contribution in [0.4, 0.5) is 0 Å². The maximum absolute atomic E-state index is 11.9. The van der Waals surface area contributed by atoms with E-state index in [2.05, 4.69) is 0 Å². The van der Waals surface area contributed by atoms with Crippen molar-refractivity contribution >= 4 is 29.1 Å². The van der Waals surface area contributed by atoms with Crippen molar-refractivity contribution in [2.24, 2.45) is 0 Å². The smallest absolute Gasteiger partial charge is 0.187 e. The van der Waals surface area contributed by atoms with E-state index in [0.717, 1.165) is 4.90 Å². The van der Waals surface area contributed by atoms with Crippen molar-refractivity contribution in [2.45, 2.75) is 4.90 Å². The van der Waals surface area contributed by atoms with Crippen LogP contribution in [0.15, 0.2) is 76.0 Å². The molecule has 0 saturated heterocycles.